The van der Waals surface area contributed by atoms with E-state index in [-0.39, 0.29) is 18.9 Å². The van der Waals surface area contributed by atoms with E-state index in [4.69, 9.17) is 5.26 Å². The highest BCUT2D eigenvalue weighted by Gasteiger charge is 2.22. The number of aromatic nitrogens is 2. The molecule has 0 saturated heterocycles. The normalized spacial score (nSPS) is 11.1. The van der Waals surface area contributed by atoms with Crippen LogP contribution in [0.3, 0.4) is 0 Å². The lowest BCUT2D eigenvalue weighted by Crippen LogP contribution is -2.48. The van der Waals surface area contributed by atoms with Gasteiger partial charge in [0.2, 0.25) is 5.91 Å². The van der Waals surface area contributed by atoms with Gasteiger partial charge in [0, 0.05) is 23.7 Å². The minimum atomic E-state index is -0.826. The largest absolute Gasteiger partial charge is 0.341 e. The number of hydrogen-bond acceptors (Lipinski definition) is 5. The van der Waals surface area contributed by atoms with Gasteiger partial charge in [-0.25, -0.2) is 0 Å². The summed E-state index contributed by atoms with van der Waals surface area (Å²) in [5.74, 6) is -0.770. The fourth-order valence-corrected chi connectivity index (χ4v) is 2.84. The molecule has 0 bridgehead atoms. The highest BCUT2D eigenvalue weighted by Crippen LogP contribution is 2.18. The maximum atomic E-state index is 12.5. The van der Waals surface area contributed by atoms with Crippen molar-refractivity contribution >= 4 is 11.8 Å². The maximum absolute atomic E-state index is 12.5. The van der Waals surface area contributed by atoms with Crippen molar-refractivity contribution in [3.63, 3.8) is 0 Å². The Hall–Kier alpha value is -4.05. The Morgan fingerprint density at radius 2 is 1.86 bits per heavy atom. The molecule has 2 aromatic carbocycles. The molecule has 0 aliphatic carbocycles. The topological polar surface area (TPSA) is 108 Å². The number of rotatable bonds is 7. The van der Waals surface area contributed by atoms with Crippen molar-refractivity contribution in [3.8, 4) is 17.3 Å². The summed E-state index contributed by atoms with van der Waals surface area (Å²) < 4.78 is 0. The summed E-state index contributed by atoms with van der Waals surface area (Å²) in [6, 6.07) is 20.9. The molecule has 2 N–H and O–H groups in total. The molecule has 0 fully saturated rings. The van der Waals surface area contributed by atoms with Gasteiger partial charge in [-0.15, -0.1) is 0 Å². The molecule has 0 aliphatic rings. The van der Waals surface area contributed by atoms with Gasteiger partial charge in [0.15, 0.2) is 0 Å². The monoisotopic (exact) mass is 385 g/mol. The molecule has 29 heavy (non-hydrogen) atoms. The Labute approximate surface area is 168 Å². The first kappa shape index (κ1) is 19.7. The molecule has 1 unspecified atom stereocenters. The van der Waals surface area contributed by atoms with E-state index in [1.54, 1.807) is 36.5 Å². The summed E-state index contributed by atoms with van der Waals surface area (Å²) in [4.78, 5) is 25.1. The maximum Gasteiger partial charge on any atom is 0.251 e. The number of benzene rings is 2. The minimum Gasteiger partial charge on any atom is -0.341 e. The third kappa shape index (κ3) is 5.47. The van der Waals surface area contributed by atoms with Crippen LogP contribution in [0.4, 0.5) is 0 Å². The Morgan fingerprint density at radius 3 is 2.59 bits per heavy atom. The molecule has 1 heterocycles. The summed E-state index contributed by atoms with van der Waals surface area (Å²) in [6.07, 6.45) is 1.87. The second-order valence-electron chi connectivity index (χ2n) is 6.28. The van der Waals surface area contributed by atoms with Gasteiger partial charge in [-0.1, -0.05) is 36.4 Å². The van der Waals surface area contributed by atoms with E-state index in [0.717, 1.165) is 11.1 Å². The number of nitrogens with one attached hydrogen (secondary N) is 2. The summed E-state index contributed by atoms with van der Waals surface area (Å²) in [6.45, 7) is -0.129. The van der Waals surface area contributed by atoms with Gasteiger partial charge in [-0.3, -0.25) is 9.59 Å². The average molecular weight is 385 g/mol. The fourth-order valence-electron chi connectivity index (χ4n) is 2.84. The van der Waals surface area contributed by atoms with Gasteiger partial charge >= 0.3 is 0 Å². The third-order valence-corrected chi connectivity index (χ3v) is 4.23. The van der Waals surface area contributed by atoms with Crippen LogP contribution in [0.5, 0.6) is 0 Å². The van der Waals surface area contributed by atoms with Crippen molar-refractivity contribution in [2.75, 3.05) is 6.54 Å². The van der Waals surface area contributed by atoms with Crippen LogP contribution in [0, 0.1) is 11.3 Å². The lowest BCUT2D eigenvalue weighted by Gasteiger charge is -2.18. The smallest absolute Gasteiger partial charge is 0.251 e. The third-order valence-electron chi connectivity index (χ3n) is 4.23. The van der Waals surface area contributed by atoms with E-state index in [1.165, 1.54) is 0 Å². The first-order chi connectivity index (χ1) is 14.2. The molecule has 2 amide bonds. The van der Waals surface area contributed by atoms with E-state index < -0.39 is 11.9 Å². The molecule has 7 nitrogen and oxygen atoms in total. The molecular weight excluding hydrogens is 366 g/mol. The molecule has 0 aliphatic heterocycles. The highest BCUT2D eigenvalue weighted by molar-refractivity contribution is 5.97. The molecule has 1 atom stereocenters. The van der Waals surface area contributed by atoms with E-state index in [1.807, 2.05) is 42.5 Å². The van der Waals surface area contributed by atoms with E-state index in [2.05, 4.69) is 20.8 Å². The van der Waals surface area contributed by atoms with Crippen molar-refractivity contribution in [1.82, 2.24) is 20.8 Å². The lowest BCUT2D eigenvalue weighted by molar-refractivity contribution is -0.122. The number of nitriles is 1. The second-order valence-corrected chi connectivity index (χ2v) is 6.28. The zero-order valence-corrected chi connectivity index (χ0v) is 15.6. The van der Waals surface area contributed by atoms with Crippen molar-refractivity contribution in [2.24, 2.45) is 0 Å². The molecule has 7 heteroatoms. The van der Waals surface area contributed by atoms with Crippen molar-refractivity contribution in [2.45, 2.75) is 12.5 Å². The molecule has 3 rings (SSSR count). The van der Waals surface area contributed by atoms with Crippen LogP contribution in [0.25, 0.3) is 11.3 Å². The SMILES string of the molecule is N#CCNC(=O)C(Cc1cccc(-c2cccnn2)c1)NC(=O)c1ccccc1. The van der Waals surface area contributed by atoms with Crippen LogP contribution in [-0.2, 0) is 11.2 Å². The summed E-state index contributed by atoms with van der Waals surface area (Å²) in [5, 5.41) is 22.0. The molecule has 144 valence electrons. The minimum absolute atomic E-state index is 0.129. The number of carbonyl (C=O) groups is 2. The standard InChI is InChI=1S/C22H19N5O2/c23-11-13-24-22(29)20(26-21(28)17-7-2-1-3-8-17)15-16-6-4-9-18(14-16)19-10-5-12-25-27-19/h1-10,12,14,20H,13,15H2,(H,24,29)(H,26,28). The number of nitrogens with zero attached hydrogens (tertiary/aromatic N) is 3. The molecule has 3 aromatic rings. The van der Waals surface area contributed by atoms with Crippen LogP contribution in [0.1, 0.15) is 15.9 Å². The van der Waals surface area contributed by atoms with E-state index in [0.29, 0.717) is 11.3 Å². The number of carbonyl (C=O) groups excluding carboxylic acids is 2. The molecule has 1 aromatic heterocycles. The van der Waals surface area contributed by atoms with Crippen molar-refractivity contribution in [3.05, 3.63) is 84.1 Å². The fraction of sp³-hybridized carbons (Fsp3) is 0.136. The zero-order chi connectivity index (χ0) is 20.5. The Balaban J connectivity index is 1.80. The van der Waals surface area contributed by atoms with Gasteiger partial charge in [-0.2, -0.15) is 15.5 Å². The molecule has 0 spiro atoms. The Bertz CT molecular complexity index is 1020. The van der Waals surface area contributed by atoms with Gasteiger partial charge in [0.05, 0.1) is 11.8 Å². The number of hydrogen-bond donors (Lipinski definition) is 2. The van der Waals surface area contributed by atoms with Crippen LogP contribution < -0.4 is 10.6 Å². The van der Waals surface area contributed by atoms with Gasteiger partial charge in [0.25, 0.3) is 5.91 Å². The van der Waals surface area contributed by atoms with Crippen molar-refractivity contribution < 1.29 is 9.59 Å². The van der Waals surface area contributed by atoms with Crippen molar-refractivity contribution in [1.29, 1.82) is 5.26 Å². The number of amides is 2. The summed E-state index contributed by atoms with van der Waals surface area (Å²) in [7, 11) is 0. The van der Waals surface area contributed by atoms with Gasteiger partial charge in [-0.05, 0) is 35.9 Å². The Kier molecular flexibility index (Phi) is 6.63. The zero-order valence-electron chi connectivity index (χ0n) is 15.6. The first-order valence-electron chi connectivity index (χ1n) is 9.05. The Morgan fingerprint density at radius 1 is 1.03 bits per heavy atom. The van der Waals surface area contributed by atoms with E-state index in [9.17, 15) is 9.59 Å². The van der Waals surface area contributed by atoms with Crippen LogP contribution in [-0.4, -0.2) is 34.6 Å². The quantitative estimate of drug-likeness (QED) is 0.606. The predicted molar refractivity (Wildman–Crippen MR) is 107 cm³/mol. The highest BCUT2D eigenvalue weighted by atomic mass is 16.2. The van der Waals surface area contributed by atoms with Gasteiger partial charge in [0.1, 0.15) is 12.6 Å². The molecular formula is C22H19N5O2. The molecule has 0 radical (unpaired) electrons. The van der Waals surface area contributed by atoms with Gasteiger partial charge < -0.3 is 10.6 Å². The lowest BCUT2D eigenvalue weighted by atomic mass is 10.0. The predicted octanol–water partition coefficient (Wildman–Crippen LogP) is 2.12. The summed E-state index contributed by atoms with van der Waals surface area (Å²) >= 11 is 0. The summed E-state index contributed by atoms with van der Waals surface area (Å²) in [5.41, 5.74) is 2.88. The first-order valence-corrected chi connectivity index (χ1v) is 9.05. The van der Waals surface area contributed by atoms with Crippen LogP contribution >= 0.6 is 0 Å². The van der Waals surface area contributed by atoms with E-state index >= 15 is 0 Å². The average Bonchev–Trinajstić information content (AvgIpc) is 2.78. The molecule has 0 saturated carbocycles. The second kappa shape index (κ2) is 9.76. The van der Waals surface area contributed by atoms with Crippen LogP contribution in [0.15, 0.2) is 72.9 Å². The van der Waals surface area contributed by atoms with Crippen LogP contribution in [0.2, 0.25) is 0 Å².